The molecule has 0 spiro atoms. The molecule has 1 fully saturated rings. The quantitative estimate of drug-likeness (QED) is 0.779. The van der Waals surface area contributed by atoms with Crippen molar-refractivity contribution < 1.29 is 14.0 Å². The van der Waals surface area contributed by atoms with Gasteiger partial charge in [0.25, 0.3) is 5.91 Å². The molecule has 1 atom stereocenters. The minimum absolute atomic E-state index is 0.0182. The highest BCUT2D eigenvalue weighted by atomic mass is 19.1. The molecule has 0 aliphatic carbocycles. The molecule has 0 saturated carbocycles. The number of hydrogen-bond acceptors (Lipinski definition) is 3. The van der Waals surface area contributed by atoms with E-state index < -0.39 is 0 Å². The number of amides is 2. The van der Waals surface area contributed by atoms with Crippen LogP contribution >= 0.6 is 0 Å². The second-order valence-electron chi connectivity index (χ2n) is 7.86. The number of anilines is 1. The molecule has 5 nitrogen and oxygen atoms in total. The number of hydrogen-bond donors (Lipinski definition) is 2. The van der Waals surface area contributed by atoms with E-state index >= 15 is 0 Å². The van der Waals surface area contributed by atoms with E-state index in [0.29, 0.717) is 24.3 Å². The summed E-state index contributed by atoms with van der Waals surface area (Å²) in [6, 6.07) is 13.6. The molecule has 1 saturated heterocycles. The molecular formula is C23H28FN3O2. The normalized spacial score (nSPS) is 17.2. The standard InChI is InChI=1S/C23H28FN3O2/c1-16(2)25-23(29)20-7-3-4-8-21(20)26-22(28)18-6-5-13-27(15-18)14-17-9-11-19(24)12-10-17/h3-4,7-12,16,18H,5-6,13-15H2,1-2H3,(H,25,29)(H,26,28). The van der Waals surface area contributed by atoms with Crippen molar-refractivity contribution in [2.45, 2.75) is 39.3 Å². The van der Waals surface area contributed by atoms with Gasteiger partial charge >= 0.3 is 0 Å². The zero-order valence-corrected chi connectivity index (χ0v) is 17.0. The number of nitrogens with zero attached hydrogens (tertiary/aromatic N) is 1. The number of benzene rings is 2. The molecule has 29 heavy (non-hydrogen) atoms. The molecule has 2 amide bonds. The van der Waals surface area contributed by atoms with Gasteiger partial charge in [-0.15, -0.1) is 0 Å². The Morgan fingerprint density at radius 2 is 1.86 bits per heavy atom. The van der Waals surface area contributed by atoms with Gasteiger partial charge in [0.15, 0.2) is 0 Å². The summed E-state index contributed by atoms with van der Waals surface area (Å²) in [6.07, 6.45) is 1.74. The Morgan fingerprint density at radius 1 is 1.14 bits per heavy atom. The van der Waals surface area contributed by atoms with Crippen molar-refractivity contribution in [1.82, 2.24) is 10.2 Å². The van der Waals surface area contributed by atoms with Crippen LogP contribution < -0.4 is 10.6 Å². The summed E-state index contributed by atoms with van der Waals surface area (Å²) in [7, 11) is 0. The lowest BCUT2D eigenvalue weighted by Crippen LogP contribution is -2.40. The summed E-state index contributed by atoms with van der Waals surface area (Å²) in [4.78, 5) is 27.5. The van der Waals surface area contributed by atoms with Crippen molar-refractivity contribution in [2.24, 2.45) is 5.92 Å². The first-order valence-corrected chi connectivity index (χ1v) is 10.1. The van der Waals surface area contributed by atoms with Gasteiger partial charge in [-0.2, -0.15) is 0 Å². The van der Waals surface area contributed by atoms with Crippen molar-refractivity contribution in [2.75, 3.05) is 18.4 Å². The fraction of sp³-hybridized carbons (Fsp3) is 0.391. The highest BCUT2D eigenvalue weighted by Gasteiger charge is 2.26. The minimum atomic E-state index is -0.246. The van der Waals surface area contributed by atoms with Gasteiger partial charge in [-0.1, -0.05) is 24.3 Å². The Bertz CT molecular complexity index is 851. The van der Waals surface area contributed by atoms with E-state index in [4.69, 9.17) is 0 Å². The first-order valence-electron chi connectivity index (χ1n) is 10.1. The predicted octanol–water partition coefficient (Wildman–Crippen LogP) is 3.81. The summed E-state index contributed by atoms with van der Waals surface area (Å²) in [5.74, 6) is -0.661. The molecule has 2 aromatic rings. The second kappa shape index (κ2) is 9.65. The largest absolute Gasteiger partial charge is 0.350 e. The van der Waals surface area contributed by atoms with Crippen LogP contribution in [0.2, 0.25) is 0 Å². The Hall–Kier alpha value is -2.73. The van der Waals surface area contributed by atoms with Gasteiger partial charge in [-0.25, -0.2) is 4.39 Å². The van der Waals surface area contributed by atoms with Crippen molar-refractivity contribution in [1.29, 1.82) is 0 Å². The van der Waals surface area contributed by atoms with Crippen LogP contribution in [0, 0.1) is 11.7 Å². The first-order chi connectivity index (χ1) is 13.9. The summed E-state index contributed by atoms with van der Waals surface area (Å²) in [5.41, 5.74) is 2.03. The number of para-hydroxylation sites is 1. The Kier molecular flexibility index (Phi) is 6.99. The van der Waals surface area contributed by atoms with E-state index in [1.807, 2.05) is 19.9 Å². The SMILES string of the molecule is CC(C)NC(=O)c1ccccc1NC(=O)C1CCCN(Cc2ccc(F)cc2)C1. The van der Waals surface area contributed by atoms with Crippen LogP contribution in [0.25, 0.3) is 0 Å². The van der Waals surface area contributed by atoms with E-state index in [2.05, 4.69) is 15.5 Å². The predicted molar refractivity (Wildman–Crippen MR) is 112 cm³/mol. The third-order valence-electron chi connectivity index (χ3n) is 5.05. The number of piperidine rings is 1. The topological polar surface area (TPSA) is 61.4 Å². The molecule has 0 radical (unpaired) electrons. The van der Waals surface area contributed by atoms with Crippen LogP contribution in [0.5, 0.6) is 0 Å². The molecule has 0 aromatic heterocycles. The molecule has 1 heterocycles. The molecule has 2 aromatic carbocycles. The molecule has 154 valence electrons. The molecule has 1 aliphatic heterocycles. The van der Waals surface area contributed by atoms with Gasteiger partial charge in [-0.05, 0) is 63.1 Å². The maximum absolute atomic E-state index is 13.1. The lowest BCUT2D eigenvalue weighted by atomic mass is 9.96. The van der Waals surface area contributed by atoms with Crippen molar-refractivity contribution >= 4 is 17.5 Å². The molecule has 0 bridgehead atoms. The molecule has 6 heteroatoms. The van der Waals surface area contributed by atoms with Crippen LogP contribution in [0.3, 0.4) is 0 Å². The monoisotopic (exact) mass is 397 g/mol. The summed E-state index contributed by atoms with van der Waals surface area (Å²) in [6.45, 7) is 6.04. The number of halogens is 1. The van der Waals surface area contributed by atoms with Crippen molar-refractivity contribution in [3.8, 4) is 0 Å². The van der Waals surface area contributed by atoms with Gasteiger partial charge in [0.05, 0.1) is 17.2 Å². The molecule has 1 unspecified atom stereocenters. The van der Waals surface area contributed by atoms with Crippen molar-refractivity contribution in [3.05, 3.63) is 65.5 Å². The summed E-state index contributed by atoms with van der Waals surface area (Å²) < 4.78 is 13.1. The number of carbonyl (C=O) groups is 2. The Labute approximate surface area is 171 Å². The fourth-order valence-electron chi connectivity index (χ4n) is 3.63. The maximum atomic E-state index is 13.1. The zero-order valence-electron chi connectivity index (χ0n) is 17.0. The van der Waals surface area contributed by atoms with E-state index in [0.717, 1.165) is 24.9 Å². The van der Waals surface area contributed by atoms with E-state index in [1.54, 1.807) is 30.3 Å². The number of rotatable bonds is 6. The van der Waals surface area contributed by atoms with E-state index in [9.17, 15) is 14.0 Å². The molecule has 2 N–H and O–H groups in total. The highest BCUT2D eigenvalue weighted by molar-refractivity contribution is 6.04. The second-order valence-corrected chi connectivity index (χ2v) is 7.86. The lowest BCUT2D eigenvalue weighted by molar-refractivity contribution is -0.121. The number of carbonyl (C=O) groups excluding carboxylic acids is 2. The van der Waals surface area contributed by atoms with Gasteiger partial charge in [-0.3, -0.25) is 14.5 Å². The van der Waals surface area contributed by atoms with Crippen LogP contribution in [0.15, 0.2) is 48.5 Å². The van der Waals surface area contributed by atoms with Crippen molar-refractivity contribution in [3.63, 3.8) is 0 Å². The van der Waals surface area contributed by atoms with Crippen LogP contribution in [-0.4, -0.2) is 35.8 Å². The first kappa shape index (κ1) is 21.0. The Balaban J connectivity index is 1.63. The lowest BCUT2D eigenvalue weighted by Gasteiger charge is -2.32. The van der Waals surface area contributed by atoms with Gasteiger partial charge in [0.1, 0.15) is 5.82 Å². The third-order valence-corrected chi connectivity index (χ3v) is 5.05. The number of likely N-dealkylation sites (tertiary alicyclic amines) is 1. The van der Waals surface area contributed by atoms with E-state index in [1.165, 1.54) is 12.1 Å². The fourth-order valence-corrected chi connectivity index (χ4v) is 3.63. The zero-order chi connectivity index (χ0) is 20.8. The highest BCUT2D eigenvalue weighted by Crippen LogP contribution is 2.22. The average molecular weight is 397 g/mol. The van der Waals surface area contributed by atoms with Crippen LogP contribution in [0.4, 0.5) is 10.1 Å². The summed E-state index contributed by atoms with van der Waals surface area (Å²) in [5, 5.41) is 5.82. The van der Waals surface area contributed by atoms with Crippen LogP contribution in [0.1, 0.15) is 42.6 Å². The van der Waals surface area contributed by atoms with E-state index in [-0.39, 0.29) is 29.6 Å². The van der Waals surface area contributed by atoms with Gasteiger partial charge in [0, 0.05) is 19.1 Å². The number of nitrogens with one attached hydrogen (secondary N) is 2. The minimum Gasteiger partial charge on any atom is -0.350 e. The van der Waals surface area contributed by atoms with Gasteiger partial charge < -0.3 is 10.6 Å². The molecule has 1 aliphatic rings. The molecule has 3 rings (SSSR count). The molecular weight excluding hydrogens is 369 g/mol. The average Bonchev–Trinajstić information content (AvgIpc) is 2.70. The summed E-state index contributed by atoms with van der Waals surface area (Å²) >= 11 is 0. The van der Waals surface area contributed by atoms with Gasteiger partial charge in [0.2, 0.25) is 5.91 Å². The third kappa shape index (κ3) is 5.87. The van der Waals surface area contributed by atoms with Crippen LogP contribution in [-0.2, 0) is 11.3 Å². The maximum Gasteiger partial charge on any atom is 0.253 e. The smallest absolute Gasteiger partial charge is 0.253 e. The Morgan fingerprint density at radius 3 is 2.59 bits per heavy atom.